The Morgan fingerprint density at radius 2 is 1.94 bits per heavy atom. The number of halogens is 1. The Hall–Kier alpha value is -1.49. The van der Waals surface area contributed by atoms with Gasteiger partial charge in [0.1, 0.15) is 5.82 Å². The molecule has 0 unspecified atom stereocenters. The van der Waals surface area contributed by atoms with Gasteiger partial charge in [0, 0.05) is 32.4 Å². The fraction of sp³-hybridized carbons (Fsp3) is 0.400. The number of nitrogens with zero attached hydrogens (tertiary/aromatic N) is 3. The fourth-order valence-electron chi connectivity index (χ4n) is 1.72. The first kappa shape index (κ1) is 12.6. The van der Waals surface area contributed by atoms with Crippen LogP contribution in [0, 0.1) is 5.41 Å². The van der Waals surface area contributed by atoms with Crippen molar-refractivity contribution in [2.75, 3.05) is 31.1 Å². The van der Waals surface area contributed by atoms with Crippen LogP contribution in [0.1, 0.15) is 0 Å². The largest absolute Gasteiger partial charge is 0.370 e. The lowest BCUT2D eigenvalue weighted by Crippen LogP contribution is -2.51. The lowest BCUT2D eigenvalue weighted by molar-refractivity contribution is 0.379. The summed E-state index contributed by atoms with van der Waals surface area (Å²) in [5.41, 5.74) is 5.43. The van der Waals surface area contributed by atoms with E-state index in [4.69, 9.17) is 11.1 Å². The minimum atomic E-state index is 0. The standard InChI is InChI=1S/C10H15N5.ClH/c11-10(12)15-7-5-14(6-8-15)9-3-1-2-4-13-9;/h1-4H,5-8H2,(H3,11,12);1H. The smallest absolute Gasteiger partial charge is 0.188 e. The topological polar surface area (TPSA) is 69.2 Å². The first-order valence-electron chi connectivity index (χ1n) is 5.02. The Morgan fingerprint density at radius 1 is 1.25 bits per heavy atom. The van der Waals surface area contributed by atoms with Crippen LogP contribution in [-0.2, 0) is 0 Å². The molecule has 1 aromatic heterocycles. The van der Waals surface area contributed by atoms with E-state index in [1.165, 1.54) is 0 Å². The van der Waals surface area contributed by atoms with Gasteiger partial charge in [0.15, 0.2) is 5.96 Å². The van der Waals surface area contributed by atoms with E-state index in [0.29, 0.717) is 0 Å². The SMILES string of the molecule is Cl.N=C(N)N1CCN(c2ccccn2)CC1. The van der Waals surface area contributed by atoms with Crippen LogP contribution in [0.4, 0.5) is 5.82 Å². The van der Waals surface area contributed by atoms with Crippen molar-refractivity contribution in [3.63, 3.8) is 0 Å². The predicted octanol–water partition coefficient (Wildman–Crippen LogP) is 0.519. The average molecular weight is 242 g/mol. The predicted molar refractivity (Wildman–Crippen MR) is 67.2 cm³/mol. The van der Waals surface area contributed by atoms with Crippen molar-refractivity contribution in [2.45, 2.75) is 0 Å². The number of anilines is 1. The highest BCUT2D eigenvalue weighted by molar-refractivity contribution is 5.85. The van der Waals surface area contributed by atoms with Crippen LogP contribution >= 0.6 is 12.4 Å². The quantitative estimate of drug-likeness (QED) is 0.556. The van der Waals surface area contributed by atoms with Gasteiger partial charge in [0.05, 0.1) is 0 Å². The van der Waals surface area contributed by atoms with E-state index in [1.807, 2.05) is 23.1 Å². The molecule has 0 radical (unpaired) electrons. The summed E-state index contributed by atoms with van der Waals surface area (Å²) in [6, 6.07) is 5.90. The minimum absolute atomic E-state index is 0. The molecule has 1 aromatic rings. The monoisotopic (exact) mass is 241 g/mol. The Morgan fingerprint density at radius 3 is 2.44 bits per heavy atom. The number of rotatable bonds is 1. The third kappa shape index (κ3) is 2.76. The van der Waals surface area contributed by atoms with E-state index in [0.717, 1.165) is 32.0 Å². The second-order valence-electron chi connectivity index (χ2n) is 3.55. The van der Waals surface area contributed by atoms with E-state index in [-0.39, 0.29) is 18.4 Å². The number of nitrogens with one attached hydrogen (secondary N) is 1. The van der Waals surface area contributed by atoms with Gasteiger partial charge < -0.3 is 15.5 Å². The zero-order valence-electron chi connectivity index (χ0n) is 8.97. The van der Waals surface area contributed by atoms with Crippen molar-refractivity contribution < 1.29 is 0 Å². The minimum Gasteiger partial charge on any atom is -0.370 e. The number of guanidine groups is 1. The molecule has 0 bridgehead atoms. The van der Waals surface area contributed by atoms with E-state index in [9.17, 15) is 0 Å². The van der Waals surface area contributed by atoms with Crippen LogP contribution in [0.15, 0.2) is 24.4 Å². The summed E-state index contributed by atoms with van der Waals surface area (Å²) in [5, 5.41) is 7.33. The summed E-state index contributed by atoms with van der Waals surface area (Å²) >= 11 is 0. The molecule has 0 aromatic carbocycles. The van der Waals surface area contributed by atoms with Crippen molar-refractivity contribution >= 4 is 24.2 Å². The lowest BCUT2D eigenvalue weighted by atomic mass is 10.3. The third-order valence-electron chi connectivity index (χ3n) is 2.59. The van der Waals surface area contributed by atoms with Gasteiger partial charge in [-0.3, -0.25) is 5.41 Å². The van der Waals surface area contributed by atoms with Crippen molar-refractivity contribution in [1.82, 2.24) is 9.88 Å². The molecule has 0 aliphatic carbocycles. The van der Waals surface area contributed by atoms with Gasteiger partial charge in [-0.2, -0.15) is 0 Å². The molecule has 2 rings (SSSR count). The first-order valence-corrected chi connectivity index (χ1v) is 5.02. The van der Waals surface area contributed by atoms with Crippen LogP contribution in [0.2, 0.25) is 0 Å². The fourth-order valence-corrected chi connectivity index (χ4v) is 1.72. The molecule has 0 spiro atoms. The van der Waals surface area contributed by atoms with Gasteiger partial charge in [-0.05, 0) is 12.1 Å². The molecule has 2 heterocycles. The van der Waals surface area contributed by atoms with E-state index < -0.39 is 0 Å². The number of pyridine rings is 1. The molecule has 1 fully saturated rings. The second-order valence-corrected chi connectivity index (χ2v) is 3.55. The van der Waals surface area contributed by atoms with Crippen molar-refractivity contribution in [3.8, 4) is 0 Å². The molecular formula is C10H16ClN5. The molecule has 3 N–H and O–H groups in total. The van der Waals surface area contributed by atoms with E-state index in [2.05, 4.69) is 9.88 Å². The van der Waals surface area contributed by atoms with Crippen LogP contribution in [0.3, 0.4) is 0 Å². The molecule has 5 nitrogen and oxygen atoms in total. The number of hydrogen-bond acceptors (Lipinski definition) is 3. The van der Waals surface area contributed by atoms with Gasteiger partial charge >= 0.3 is 0 Å². The molecule has 0 atom stereocenters. The highest BCUT2D eigenvalue weighted by Gasteiger charge is 2.17. The van der Waals surface area contributed by atoms with Gasteiger partial charge in [0.2, 0.25) is 0 Å². The maximum atomic E-state index is 7.33. The van der Waals surface area contributed by atoms with Crippen LogP contribution in [0.5, 0.6) is 0 Å². The lowest BCUT2D eigenvalue weighted by Gasteiger charge is -2.35. The maximum absolute atomic E-state index is 7.33. The summed E-state index contributed by atoms with van der Waals surface area (Å²) in [6.07, 6.45) is 1.80. The Kier molecular flexibility index (Phi) is 4.37. The number of aromatic nitrogens is 1. The van der Waals surface area contributed by atoms with Crippen molar-refractivity contribution in [3.05, 3.63) is 24.4 Å². The highest BCUT2D eigenvalue weighted by Crippen LogP contribution is 2.11. The Bertz CT molecular complexity index is 334. The molecular weight excluding hydrogens is 226 g/mol. The van der Waals surface area contributed by atoms with Crippen LogP contribution in [-0.4, -0.2) is 42.0 Å². The van der Waals surface area contributed by atoms with Crippen molar-refractivity contribution in [2.24, 2.45) is 5.73 Å². The summed E-state index contributed by atoms with van der Waals surface area (Å²) in [6.45, 7) is 3.34. The Labute approximate surface area is 101 Å². The van der Waals surface area contributed by atoms with Gasteiger partial charge in [-0.25, -0.2) is 4.98 Å². The summed E-state index contributed by atoms with van der Waals surface area (Å²) in [5.74, 6) is 1.16. The van der Waals surface area contributed by atoms with Gasteiger partial charge in [-0.1, -0.05) is 6.07 Å². The first-order chi connectivity index (χ1) is 7.27. The molecule has 6 heteroatoms. The number of hydrogen-bond donors (Lipinski definition) is 2. The number of nitrogens with two attached hydrogens (primary N) is 1. The zero-order chi connectivity index (χ0) is 10.7. The van der Waals surface area contributed by atoms with Crippen molar-refractivity contribution in [1.29, 1.82) is 5.41 Å². The number of piperazine rings is 1. The Balaban J connectivity index is 0.00000128. The van der Waals surface area contributed by atoms with Gasteiger partial charge in [0.25, 0.3) is 0 Å². The van der Waals surface area contributed by atoms with Crippen LogP contribution < -0.4 is 10.6 Å². The molecule has 0 amide bonds. The average Bonchev–Trinajstić information content (AvgIpc) is 2.30. The van der Waals surface area contributed by atoms with Gasteiger partial charge in [-0.15, -0.1) is 12.4 Å². The third-order valence-corrected chi connectivity index (χ3v) is 2.59. The zero-order valence-corrected chi connectivity index (χ0v) is 9.78. The van der Waals surface area contributed by atoms with E-state index in [1.54, 1.807) is 6.20 Å². The normalized spacial score (nSPS) is 15.5. The van der Waals surface area contributed by atoms with Crippen LogP contribution in [0.25, 0.3) is 0 Å². The van der Waals surface area contributed by atoms with E-state index >= 15 is 0 Å². The molecule has 1 aliphatic heterocycles. The maximum Gasteiger partial charge on any atom is 0.188 e. The molecule has 16 heavy (non-hydrogen) atoms. The summed E-state index contributed by atoms with van der Waals surface area (Å²) < 4.78 is 0. The molecule has 88 valence electrons. The molecule has 1 saturated heterocycles. The second kappa shape index (κ2) is 5.55. The molecule has 1 aliphatic rings. The highest BCUT2D eigenvalue weighted by atomic mass is 35.5. The summed E-state index contributed by atoms with van der Waals surface area (Å²) in [7, 11) is 0. The molecule has 0 saturated carbocycles. The summed E-state index contributed by atoms with van der Waals surface area (Å²) in [4.78, 5) is 8.38.